The minimum atomic E-state index is -0.899. The first-order chi connectivity index (χ1) is 14.5. The van der Waals surface area contributed by atoms with Crippen LogP contribution in [0.15, 0.2) is 51.0 Å². The van der Waals surface area contributed by atoms with E-state index in [0.29, 0.717) is 37.6 Å². The molecule has 2 N–H and O–H groups in total. The van der Waals surface area contributed by atoms with E-state index in [1.165, 1.54) is 11.0 Å². The normalized spacial score (nSPS) is 18.3. The molecule has 0 radical (unpaired) electrons. The second-order valence-electron chi connectivity index (χ2n) is 6.85. The van der Waals surface area contributed by atoms with Gasteiger partial charge in [-0.05, 0) is 13.0 Å². The molecule has 154 valence electrons. The monoisotopic (exact) mass is 409 g/mol. The maximum Gasteiger partial charge on any atom is 0.415 e. The van der Waals surface area contributed by atoms with Crippen LogP contribution in [0.4, 0.5) is 4.79 Å². The van der Waals surface area contributed by atoms with E-state index in [-0.39, 0.29) is 28.5 Å². The zero-order valence-electron chi connectivity index (χ0n) is 16.2. The number of nitrogens with zero attached hydrogens (tertiary/aromatic N) is 2. The fourth-order valence-corrected chi connectivity index (χ4v) is 3.55. The lowest BCUT2D eigenvalue weighted by atomic mass is 9.84. The third-order valence-corrected chi connectivity index (χ3v) is 4.95. The Morgan fingerprint density at radius 1 is 1.30 bits per heavy atom. The van der Waals surface area contributed by atoms with Crippen molar-refractivity contribution in [3.63, 3.8) is 0 Å². The van der Waals surface area contributed by atoms with Gasteiger partial charge in [-0.15, -0.1) is 0 Å². The molecule has 0 saturated carbocycles. The first-order valence-corrected chi connectivity index (χ1v) is 9.35. The number of morpholine rings is 1. The van der Waals surface area contributed by atoms with Crippen LogP contribution in [0.5, 0.6) is 11.5 Å². The lowest BCUT2D eigenvalue weighted by Crippen LogP contribution is -2.42. The third kappa shape index (κ3) is 3.49. The second kappa shape index (κ2) is 7.93. The Kier molecular flexibility index (Phi) is 5.16. The van der Waals surface area contributed by atoms with Gasteiger partial charge in [0.05, 0.1) is 24.7 Å². The lowest BCUT2D eigenvalue weighted by molar-refractivity contribution is 0.0415. The van der Waals surface area contributed by atoms with E-state index in [0.717, 1.165) is 0 Å². The Bertz CT molecular complexity index is 1120. The fourth-order valence-electron chi connectivity index (χ4n) is 3.55. The zero-order chi connectivity index (χ0) is 21.3. The van der Waals surface area contributed by atoms with Gasteiger partial charge in [0, 0.05) is 24.7 Å². The van der Waals surface area contributed by atoms with Gasteiger partial charge in [0.2, 0.25) is 5.88 Å². The molecule has 0 unspecified atom stereocenters. The highest BCUT2D eigenvalue weighted by Gasteiger charge is 2.36. The number of carbonyl (C=O) groups excluding carboxylic acids is 1. The summed E-state index contributed by atoms with van der Waals surface area (Å²) >= 11 is 0. The molecule has 2 aliphatic rings. The molecule has 1 aromatic heterocycles. The molecule has 0 bridgehead atoms. The van der Waals surface area contributed by atoms with Crippen molar-refractivity contribution in [2.24, 2.45) is 5.73 Å². The summed E-state index contributed by atoms with van der Waals surface area (Å²) in [6, 6.07) is 10.2. The number of nitriles is 1. The van der Waals surface area contributed by atoms with Gasteiger partial charge in [0.15, 0.2) is 0 Å². The minimum Gasteiger partial charge on any atom is -0.440 e. The summed E-state index contributed by atoms with van der Waals surface area (Å²) in [6.07, 6.45) is -0.538. The summed E-state index contributed by atoms with van der Waals surface area (Å²) in [5.74, 6) is -0.247. The SMILES string of the molecule is Cc1cc2c(c(=O)o1)[C@@H](c1ccccc1OC(=O)N1CCOCC1)C(C#N)=C(N)O2. The number of rotatable bonds is 2. The van der Waals surface area contributed by atoms with E-state index in [9.17, 15) is 14.9 Å². The molecule has 1 fully saturated rings. The number of para-hydroxylation sites is 1. The first-order valence-electron chi connectivity index (χ1n) is 9.35. The number of benzene rings is 1. The van der Waals surface area contributed by atoms with Gasteiger partial charge in [0.1, 0.15) is 28.9 Å². The Balaban J connectivity index is 1.80. The number of hydrogen-bond acceptors (Lipinski definition) is 8. The predicted molar refractivity (Wildman–Crippen MR) is 104 cm³/mol. The Morgan fingerprint density at radius 3 is 2.77 bits per heavy atom. The van der Waals surface area contributed by atoms with Gasteiger partial charge in [-0.1, -0.05) is 18.2 Å². The number of carbonyl (C=O) groups is 1. The van der Waals surface area contributed by atoms with Crippen LogP contribution >= 0.6 is 0 Å². The highest BCUT2D eigenvalue weighted by atomic mass is 16.6. The number of amides is 1. The first kappa shape index (κ1) is 19.5. The number of nitrogens with two attached hydrogens (primary N) is 1. The van der Waals surface area contributed by atoms with Crippen LogP contribution in [0.25, 0.3) is 0 Å². The molecular formula is C21H19N3O6. The van der Waals surface area contributed by atoms with Gasteiger partial charge < -0.3 is 29.3 Å². The Morgan fingerprint density at radius 2 is 2.03 bits per heavy atom. The third-order valence-electron chi connectivity index (χ3n) is 4.95. The Labute approximate surface area is 171 Å². The standard InChI is InChI=1S/C21H19N3O6/c1-12-10-16-18(20(25)28-12)17(14(11-22)19(23)29-16)13-4-2-3-5-15(13)30-21(26)24-6-8-27-9-7-24/h2-5,10,17H,6-9,23H2,1H3/t17-/m0/s1. The van der Waals surface area contributed by atoms with Crippen LogP contribution in [0.3, 0.4) is 0 Å². The molecule has 1 amide bonds. The molecule has 1 saturated heterocycles. The Hall–Kier alpha value is -3.77. The molecule has 1 atom stereocenters. The van der Waals surface area contributed by atoms with Gasteiger partial charge in [-0.2, -0.15) is 5.26 Å². The van der Waals surface area contributed by atoms with Crippen molar-refractivity contribution in [3.05, 3.63) is 69.1 Å². The lowest BCUT2D eigenvalue weighted by Gasteiger charge is -2.28. The van der Waals surface area contributed by atoms with Gasteiger partial charge in [0.25, 0.3) is 0 Å². The van der Waals surface area contributed by atoms with Crippen LogP contribution < -0.4 is 20.8 Å². The molecule has 0 aliphatic carbocycles. The van der Waals surface area contributed by atoms with Crippen LogP contribution in [0, 0.1) is 18.3 Å². The summed E-state index contributed by atoms with van der Waals surface area (Å²) in [6.45, 7) is 3.31. The number of ether oxygens (including phenoxy) is 3. The summed E-state index contributed by atoms with van der Waals surface area (Å²) < 4.78 is 21.6. The number of aryl methyl sites for hydroxylation is 1. The van der Waals surface area contributed by atoms with Crippen LogP contribution in [0.1, 0.15) is 22.8 Å². The predicted octanol–water partition coefficient (Wildman–Crippen LogP) is 2.00. The van der Waals surface area contributed by atoms with Crippen molar-refractivity contribution in [2.45, 2.75) is 12.8 Å². The molecule has 2 aromatic rings. The van der Waals surface area contributed by atoms with Crippen molar-refractivity contribution >= 4 is 6.09 Å². The van der Waals surface area contributed by atoms with Crippen molar-refractivity contribution in [3.8, 4) is 17.6 Å². The van der Waals surface area contributed by atoms with Crippen molar-refractivity contribution in [2.75, 3.05) is 26.3 Å². The fraction of sp³-hybridized carbons (Fsp3) is 0.286. The molecule has 2 aliphatic heterocycles. The van der Waals surface area contributed by atoms with E-state index in [1.54, 1.807) is 31.2 Å². The summed E-state index contributed by atoms with van der Waals surface area (Å²) in [4.78, 5) is 26.8. The summed E-state index contributed by atoms with van der Waals surface area (Å²) in [7, 11) is 0. The molecular weight excluding hydrogens is 390 g/mol. The molecule has 9 heteroatoms. The maximum atomic E-state index is 12.7. The minimum absolute atomic E-state index is 0.0357. The van der Waals surface area contributed by atoms with E-state index >= 15 is 0 Å². The number of allylic oxidation sites excluding steroid dienone is 1. The topological polar surface area (TPSA) is 128 Å². The van der Waals surface area contributed by atoms with Gasteiger partial charge in [-0.25, -0.2) is 9.59 Å². The van der Waals surface area contributed by atoms with Crippen LogP contribution in [-0.2, 0) is 4.74 Å². The van der Waals surface area contributed by atoms with E-state index in [1.807, 2.05) is 6.07 Å². The molecule has 1 aromatic carbocycles. The summed E-state index contributed by atoms with van der Waals surface area (Å²) in [5, 5.41) is 9.71. The molecule has 0 spiro atoms. The largest absolute Gasteiger partial charge is 0.440 e. The van der Waals surface area contributed by atoms with Crippen molar-refractivity contribution in [1.29, 1.82) is 5.26 Å². The average Bonchev–Trinajstić information content (AvgIpc) is 2.73. The van der Waals surface area contributed by atoms with Crippen LogP contribution in [-0.4, -0.2) is 37.3 Å². The average molecular weight is 409 g/mol. The van der Waals surface area contributed by atoms with E-state index in [4.69, 9.17) is 24.4 Å². The molecule has 9 nitrogen and oxygen atoms in total. The highest BCUT2D eigenvalue weighted by molar-refractivity contribution is 5.72. The van der Waals surface area contributed by atoms with Crippen molar-refractivity contribution in [1.82, 2.24) is 4.90 Å². The number of hydrogen-bond donors (Lipinski definition) is 1. The maximum absolute atomic E-state index is 12.7. The van der Waals surface area contributed by atoms with Crippen LogP contribution in [0.2, 0.25) is 0 Å². The molecule has 3 heterocycles. The molecule has 4 rings (SSSR count). The smallest absolute Gasteiger partial charge is 0.415 e. The van der Waals surface area contributed by atoms with E-state index < -0.39 is 17.6 Å². The van der Waals surface area contributed by atoms with E-state index in [2.05, 4.69) is 0 Å². The zero-order valence-corrected chi connectivity index (χ0v) is 16.2. The number of fused-ring (bicyclic) bond motifs is 1. The quantitative estimate of drug-likeness (QED) is 0.798. The molecule has 30 heavy (non-hydrogen) atoms. The summed E-state index contributed by atoms with van der Waals surface area (Å²) in [5.41, 5.74) is 5.92. The van der Waals surface area contributed by atoms with Gasteiger partial charge >= 0.3 is 11.7 Å². The highest BCUT2D eigenvalue weighted by Crippen LogP contribution is 2.43. The van der Waals surface area contributed by atoms with Gasteiger partial charge in [-0.3, -0.25) is 0 Å². The second-order valence-corrected chi connectivity index (χ2v) is 6.85. The van der Waals surface area contributed by atoms with Crippen molar-refractivity contribution < 1.29 is 23.4 Å².